The van der Waals surface area contributed by atoms with E-state index in [0.29, 0.717) is 5.57 Å². The summed E-state index contributed by atoms with van der Waals surface area (Å²) in [5, 5.41) is 7.53. The standard InChI is InChI=1S/C17H14O4S.C7H8ClN3O4S2/c1-22(19,20)14-9-7-12(8-10-14)15-11-21-17(18)16(15)13-5-3-2-4-6-13;8-4-1-5-7(2-6(4)16(9,12)13)17(14,15)11-3-10-5/h2-10H,11H2,1H3;1-2,10-11H,3H2,(H2,9,12,13). The van der Waals surface area contributed by atoms with Gasteiger partial charge >= 0.3 is 5.97 Å². The first kappa shape index (κ1) is 28.7. The number of rotatable bonds is 4. The minimum absolute atomic E-state index is 0.0143. The summed E-state index contributed by atoms with van der Waals surface area (Å²) in [6, 6.07) is 18.0. The molecule has 0 amide bonds. The molecule has 2 aliphatic heterocycles. The van der Waals surface area contributed by atoms with Crippen molar-refractivity contribution in [2.24, 2.45) is 5.14 Å². The number of hydrogen-bond donors (Lipinski definition) is 3. The smallest absolute Gasteiger partial charge is 0.339 e. The van der Waals surface area contributed by atoms with Gasteiger partial charge in [-0.25, -0.2) is 35.2 Å². The van der Waals surface area contributed by atoms with Crippen molar-refractivity contribution in [1.82, 2.24) is 4.72 Å². The molecule has 206 valence electrons. The second-order valence-electron chi connectivity index (χ2n) is 8.42. The summed E-state index contributed by atoms with van der Waals surface area (Å²) in [4.78, 5) is 11.6. The summed E-state index contributed by atoms with van der Waals surface area (Å²) in [6.45, 7) is 0.210. The molecule has 0 atom stereocenters. The first-order chi connectivity index (χ1) is 18.2. The zero-order valence-corrected chi connectivity index (χ0v) is 23.4. The van der Waals surface area contributed by atoms with Crippen LogP contribution in [0.4, 0.5) is 5.69 Å². The molecule has 0 radical (unpaired) electrons. The van der Waals surface area contributed by atoms with Gasteiger partial charge in [-0.3, -0.25) is 0 Å². The predicted molar refractivity (Wildman–Crippen MR) is 145 cm³/mol. The van der Waals surface area contributed by atoms with E-state index in [1.54, 1.807) is 24.3 Å². The largest absolute Gasteiger partial charge is 0.457 e. The molecule has 0 bridgehead atoms. The molecule has 0 spiro atoms. The molecule has 4 N–H and O–H groups in total. The van der Waals surface area contributed by atoms with Gasteiger partial charge in [-0.1, -0.05) is 54.1 Å². The van der Waals surface area contributed by atoms with Crippen LogP contribution in [0.5, 0.6) is 0 Å². The molecule has 0 saturated heterocycles. The molecular formula is C24H22ClN3O8S3. The molecule has 3 aromatic carbocycles. The highest BCUT2D eigenvalue weighted by Crippen LogP contribution is 2.34. The van der Waals surface area contributed by atoms with Crippen molar-refractivity contribution in [2.45, 2.75) is 14.7 Å². The number of anilines is 1. The SMILES string of the molecule is CS(=O)(=O)c1ccc(C2=C(c3ccccc3)C(=O)OC2)cc1.NS(=O)(=O)c1cc2c(cc1Cl)NCNS2(=O)=O. The zero-order valence-electron chi connectivity index (χ0n) is 20.2. The van der Waals surface area contributed by atoms with Gasteiger partial charge < -0.3 is 10.1 Å². The number of benzene rings is 3. The normalized spacial score (nSPS) is 16.4. The average Bonchev–Trinajstić information content (AvgIpc) is 3.24. The third-order valence-corrected chi connectivity index (χ3v) is 9.66. The van der Waals surface area contributed by atoms with Crippen LogP contribution in [0.15, 0.2) is 81.4 Å². The second kappa shape index (κ2) is 10.7. The average molecular weight is 612 g/mol. The summed E-state index contributed by atoms with van der Waals surface area (Å²) >= 11 is 5.72. The van der Waals surface area contributed by atoms with E-state index in [1.165, 1.54) is 12.3 Å². The Hall–Kier alpha value is -3.27. The van der Waals surface area contributed by atoms with Gasteiger partial charge in [-0.05, 0) is 35.4 Å². The fraction of sp³-hybridized carbons (Fsp3) is 0.125. The number of cyclic esters (lactones) is 1. The van der Waals surface area contributed by atoms with Gasteiger partial charge in [0.2, 0.25) is 20.0 Å². The maximum absolute atomic E-state index is 12.0. The van der Waals surface area contributed by atoms with Crippen molar-refractivity contribution in [3.8, 4) is 0 Å². The van der Waals surface area contributed by atoms with Crippen LogP contribution in [-0.4, -0.2) is 50.8 Å². The molecular weight excluding hydrogens is 590 g/mol. The van der Waals surface area contributed by atoms with Gasteiger partial charge in [-0.2, -0.15) is 4.72 Å². The van der Waals surface area contributed by atoms with Crippen LogP contribution < -0.4 is 15.2 Å². The van der Waals surface area contributed by atoms with Crippen molar-refractivity contribution in [3.63, 3.8) is 0 Å². The number of sulfone groups is 1. The Morgan fingerprint density at radius 1 is 0.949 bits per heavy atom. The lowest BCUT2D eigenvalue weighted by Gasteiger charge is -2.20. The summed E-state index contributed by atoms with van der Waals surface area (Å²) in [6.07, 6.45) is 1.17. The maximum Gasteiger partial charge on any atom is 0.339 e. The number of carbonyl (C=O) groups excluding carboxylic acids is 1. The lowest BCUT2D eigenvalue weighted by Crippen LogP contribution is -2.34. The van der Waals surface area contributed by atoms with E-state index in [2.05, 4.69) is 10.0 Å². The number of ether oxygens (including phenoxy) is 1. The second-order valence-corrected chi connectivity index (χ2v) is 14.1. The van der Waals surface area contributed by atoms with Crippen molar-refractivity contribution >= 4 is 64.3 Å². The first-order valence-electron chi connectivity index (χ1n) is 11.0. The summed E-state index contributed by atoms with van der Waals surface area (Å²) in [5.74, 6) is -0.353. The van der Waals surface area contributed by atoms with Crippen LogP contribution in [0.1, 0.15) is 11.1 Å². The fourth-order valence-corrected chi connectivity index (χ4v) is 6.77. The molecule has 0 aliphatic carbocycles. The highest BCUT2D eigenvalue weighted by Gasteiger charge is 2.28. The van der Waals surface area contributed by atoms with E-state index >= 15 is 0 Å². The highest BCUT2D eigenvalue weighted by molar-refractivity contribution is 7.91. The van der Waals surface area contributed by atoms with Gasteiger partial charge in [0.1, 0.15) is 16.4 Å². The first-order valence-corrected chi connectivity index (χ1v) is 16.3. The Labute approximate surface area is 230 Å². The minimum Gasteiger partial charge on any atom is -0.457 e. The van der Waals surface area contributed by atoms with Gasteiger partial charge in [-0.15, -0.1) is 0 Å². The third kappa shape index (κ3) is 6.32. The number of sulfonamides is 2. The van der Waals surface area contributed by atoms with Crippen LogP contribution in [0.25, 0.3) is 11.1 Å². The zero-order chi connectivity index (χ0) is 28.6. The molecule has 3 aromatic rings. The number of hydrogen-bond acceptors (Lipinski definition) is 9. The third-order valence-electron chi connectivity index (χ3n) is 5.72. The molecule has 39 heavy (non-hydrogen) atoms. The molecule has 0 aromatic heterocycles. The lowest BCUT2D eigenvalue weighted by atomic mass is 9.97. The van der Waals surface area contributed by atoms with Gasteiger partial charge in [0, 0.05) is 11.8 Å². The van der Waals surface area contributed by atoms with E-state index in [9.17, 15) is 30.0 Å². The number of primary sulfonamides is 1. The highest BCUT2D eigenvalue weighted by atomic mass is 35.5. The Morgan fingerprint density at radius 2 is 1.59 bits per heavy atom. The minimum atomic E-state index is -4.07. The van der Waals surface area contributed by atoms with Crippen molar-refractivity contribution < 1.29 is 34.8 Å². The summed E-state index contributed by atoms with van der Waals surface area (Å²) < 4.78 is 76.1. The molecule has 2 aliphatic rings. The Kier molecular flexibility index (Phi) is 7.89. The predicted octanol–water partition coefficient (Wildman–Crippen LogP) is 2.21. The molecule has 0 saturated carbocycles. The van der Waals surface area contributed by atoms with Gasteiger partial charge in [0.05, 0.1) is 27.8 Å². The number of fused-ring (bicyclic) bond motifs is 1. The summed E-state index contributed by atoms with van der Waals surface area (Å²) in [7, 11) is -11.0. The summed E-state index contributed by atoms with van der Waals surface area (Å²) in [5.41, 5.74) is 3.13. The number of halogens is 1. The number of nitrogens with two attached hydrogens (primary N) is 1. The van der Waals surface area contributed by atoms with E-state index in [-0.39, 0.29) is 39.7 Å². The number of nitrogens with one attached hydrogen (secondary N) is 2. The van der Waals surface area contributed by atoms with E-state index in [4.69, 9.17) is 21.5 Å². The molecule has 5 rings (SSSR count). The van der Waals surface area contributed by atoms with Crippen LogP contribution >= 0.6 is 11.6 Å². The van der Waals surface area contributed by atoms with Crippen molar-refractivity contribution in [2.75, 3.05) is 24.8 Å². The Bertz CT molecular complexity index is 1810. The van der Waals surface area contributed by atoms with Crippen molar-refractivity contribution in [3.05, 3.63) is 82.9 Å². The molecule has 15 heteroatoms. The number of esters is 1. The van der Waals surface area contributed by atoms with E-state index < -0.39 is 34.8 Å². The van der Waals surface area contributed by atoms with Crippen molar-refractivity contribution in [1.29, 1.82) is 0 Å². The molecule has 0 fully saturated rings. The van der Waals surface area contributed by atoms with E-state index in [1.807, 2.05) is 30.3 Å². The Balaban J connectivity index is 0.000000187. The van der Waals surface area contributed by atoms with Gasteiger partial charge in [0.25, 0.3) is 0 Å². The number of carbonyl (C=O) groups is 1. The molecule has 0 unspecified atom stereocenters. The maximum atomic E-state index is 12.0. The Morgan fingerprint density at radius 3 is 2.18 bits per heavy atom. The van der Waals surface area contributed by atoms with Gasteiger partial charge in [0.15, 0.2) is 9.84 Å². The van der Waals surface area contributed by atoms with Crippen LogP contribution in [0, 0.1) is 0 Å². The molecule has 11 nitrogen and oxygen atoms in total. The quantitative estimate of drug-likeness (QED) is 0.373. The van der Waals surface area contributed by atoms with Crippen LogP contribution in [0.2, 0.25) is 5.02 Å². The molecule has 2 heterocycles. The van der Waals surface area contributed by atoms with Crippen LogP contribution in [-0.2, 0) is 39.4 Å². The monoisotopic (exact) mass is 611 g/mol. The topological polar surface area (TPSA) is 179 Å². The van der Waals surface area contributed by atoms with E-state index in [0.717, 1.165) is 22.8 Å². The van der Waals surface area contributed by atoms with Crippen LogP contribution in [0.3, 0.4) is 0 Å². The fourth-order valence-electron chi connectivity index (χ4n) is 3.85. The lowest BCUT2D eigenvalue weighted by molar-refractivity contribution is -0.133.